The number of carbonyl (C=O) groups is 1. The van der Waals surface area contributed by atoms with E-state index < -0.39 is 15.9 Å². The number of anilines is 1. The number of nitrogens with zero attached hydrogens (tertiary/aromatic N) is 1. The number of hydrogen-bond donors (Lipinski definition) is 1. The minimum atomic E-state index is -3.69. The molecule has 0 amide bonds. The molecule has 1 fully saturated rings. The topological polar surface area (TPSA) is 89.7 Å². The molecule has 1 aliphatic heterocycles. The average molecular weight is 377 g/mol. The number of benzene rings is 1. The Morgan fingerprint density at radius 2 is 2.19 bits per heavy atom. The van der Waals surface area contributed by atoms with Gasteiger partial charge in [0.1, 0.15) is 0 Å². The third kappa shape index (κ3) is 3.38. The molecule has 2 N–H and O–H groups in total. The molecule has 0 radical (unpaired) electrons. The summed E-state index contributed by atoms with van der Waals surface area (Å²) < 4.78 is 31.9. The van der Waals surface area contributed by atoms with Crippen molar-refractivity contribution in [2.45, 2.75) is 17.7 Å². The van der Waals surface area contributed by atoms with Gasteiger partial charge in [-0.15, -0.1) is 0 Å². The standard InChI is InChI=1S/C13H17BrN2O4S/c1-20-13(17)9-3-2-6-16(8-9)21(18,19)12-7-10(15)4-5-11(12)14/h4-5,7,9H,2-3,6,8,15H2,1H3. The van der Waals surface area contributed by atoms with Crippen molar-refractivity contribution in [3.63, 3.8) is 0 Å². The summed E-state index contributed by atoms with van der Waals surface area (Å²) in [6.07, 6.45) is 1.26. The van der Waals surface area contributed by atoms with Gasteiger partial charge in [0, 0.05) is 23.2 Å². The van der Waals surface area contributed by atoms with E-state index in [1.807, 2.05) is 0 Å². The number of sulfonamides is 1. The van der Waals surface area contributed by atoms with Crippen LogP contribution in [0.5, 0.6) is 0 Å². The lowest BCUT2D eigenvalue weighted by Gasteiger charge is -2.30. The summed E-state index contributed by atoms with van der Waals surface area (Å²) in [5, 5.41) is 0. The molecule has 0 spiro atoms. The van der Waals surface area contributed by atoms with Crippen LogP contribution < -0.4 is 5.73 Å². The van der Waals surface area contributed by atoms with E-state index in [1.165, 1.54) is 17.5 Å². The molecule has 2 rings (SSSR count). The van der Waals surface area contributed by atoms with Gasteiger partial charge in [-0.3, -0.25) is 4.79 Å². The molecule has 0 aromatic heterocycles. The Kier molecular flexibility index (Phi) is 4.90. The summed E-state index contributed by atoms with van der Waals surface area (Å²) in [7, 11) is -2.38. The molecule has 1 aromatic carbocycles. The van der Waals surface area contributed by atoms with Crippen molar-refractivity contribution in [1.82, 2.24) is 4.31 Å². The Balaban J connectivity index is 2.31. The summed E-state index contributed by atoms with van der Waals surface area (Å²) in [6, 6.07) is 4.64. The molecule has 116 valence electrons. The number of ether oxygens (including phenoxy) is 1. The van der Waals surface area contributed by atoms with Crippen molar-refractivity contribution in [3.8, 4) is 0 Å². The average Bonchev–Trinajstić information content (AvgIpc) is 2.49. The van der Waals surface area contributed by atoms with E-state index in [9.17, 15) is 13.2 Å². The number of rotatable bonds is 3. The maximum atomic E-state index is 12.7. The van der Waals surface area contributed by atoms with Gasteiger partial charge < -0.3 is 10.5 Å². The molecular formula is C13H17BrN2O4S. The molecule has 21 heavy (non-hydrogen) atoms. The van der Waals surface area contributed by atoms with Crippen LogP contribution in [0.25, 0.3) is 0 Å². The van der Waals surface area contributed by atoms with Crippen LogP contribution in [-0.2, 0) is 19.6 Å². The normalized spacial score (nSPS) is 20.2. The Morgan fingerprint density at radius 1 is 1.48 bits per heavy atom. The summed E-state index contributed by atoms with van der Waals surface area (Å²) in [5.74, 6) is -0.792. The third-order valence-electron chi connectivity index (χ3n) is 3.49. The number of piperidine rings is 1. The van der Waals surface area contributed by atoms with Gasteiger partial charge in [-0.05, 0) is 47.0 Å². The number of methoxy groups -OCH3 is 1. The summed E-state index contributed by atoms with van der Waals surface area (Å²) in [4.78, 5) is 11.7. The van der Waals surface area contributed by atoms with Gasteiger partial charge in [0.2, 0.25) is 10.0 Å². The maximum Gasteiger partial charge on any atom is 0.309 e. The first kappa shape index (κ1) is 16.3. The van der Waals surface area contributed by atoms with Crippen LogP contribution in [0.4, 0.5) is 5.69 Å². The fourth-order valence-corrected chi connectivity index (χ4v) is 4.86. The quantitative estimate of drug-likeness (QED) is 0.639. The molecule has 8 heteroatoms. The Labute approximate surface area is 132 Å². The molecule has 1 aliphatic rings. The van der Waals surface area contributed by atoms with E-state index >= 15 is 0 Å². The lowest BCUT2D eigenvalue weighted by molar-refractivity contribution is -0.146. The zero-order valence-corrected chi connectivity index (χ0v) is 14.0. The van der Waals surface area contributed by atoms with Gasteiger partial charge in [0.05, 0.1) is 17.9 Å². The van der Waals surface area contributed by atoms with Gasteiger partial charge in [-0.2, -0.15) is 4.31 Å². The lowest BCUT2D eigenvalue weighted by Crippen LogP contribution is -2.42. The van der Waals surface area contributed by atoms with Crippen molar-refractivity contribution in [2.24, 2.45) is 5.92 Å². The number of nitrogen functional groups attached to an aromatic ring is 1. The van der Waals surface area contributed by atoms with E-state index in [1.54, 1.807) is 12.1 Å². The van der Waals surface area contributed by atoms with Crippen LogP contribution in [0.2, 0.25) is 0 Å². The molecule has 6 nitrogen and oxygen atoms in total. The van der Waals surface area contributed by atoms with Crippen LogP contribution in [0.3, 0.4) is 0 Å². The van der Waals surface area contributed by atoms with Gasteiger partial charge in [-0.1, -0.05) is 0 Å². The molecule has 0 aliphatic carbocycles. The molecule has 1 unspecified atom stereocenters. The van der Waals surface area contributed by atoms with Gasteiger partial charge in [-0.25, -0.2) is 8.42 Å². The first-order chi connectivity index (χ1) is 9.86. The molecule has 1 heterocycles. The van der Waals surface area contributed by atoms with Crippen LogP contribution in [0.15, 0.2) is 27.6 Å². The van der Waals surface area contributed by atoms with Crippen molar-refractivity contribution in [2.75, 3.05) is 25.9 Å². The first-order valence-corrected chi connectivity index (χ1v) is 8.72. The molecule has 1 atom stereocenters. The largest absolute Gasteiger partial charge is 0.469 e. The molecule has 0 saturated carbocycles. The molecule has 0 bridgehead atoms. The van der Waals surface area contributed by atoms with Gasteiger partial charge >= 0.3 is 5.97 Å². The highest BCUT2D eigenvalue weighted by atomic mass is 79.9. The molecule has 1 aromatic rings. The summed E-state index contributed by atoms with van der Waals surface area (Å²) in [6.45, 7) is 0.521. The fraction of sp³-hybridized carbons (Fsp3) is 0.462. The third-order valence-corrected chi connectivity index (χ3v) is 6.35. The minimum Gasteiger partial charge on any atom is -0.469 e. The maximum absolute atomic E-state index is 12.7. The predicted molar refractivity (Wildman–Crippen MR) is 82.1 cm³/mol. The van der Waals surface area contributed by atoms with Crippen LogP contribution in [0, 0.1) is 5.92 Å². The zero-order chi connectivity index (χ0) is 15.6. The van der Waals surface area contributed by atoms with E-state index in [0.717, 1.165) is 0 Å². The number of hydrogen-bond acceptors (Lipinski definition) is 5. The Morgan fingerprint density at radius 3 is 2.86 bits per heavy atom. The van der Waals surface area contributed by atoms with E-state index in [-0.39, 0.29) is 17.4 Å². The predicted octanol–water partition coefficient (Wildman–Crippen LogP) is 1.60. The van der Waals surface area contributed by atoms with Crippen LogP contribution in [-0.4, -0.2) is 38.9 Å². The van der Waals surface area contributed by atoms with E-state index in [2.05, 4.69) is 15.9 Å². The second-order valence-electron chi connectivity index (χ2n) is 4.92. The highest BCUT2D eigenvalue weighted by Gasteiger charge is 2.34. The number of nitrogens with two attached hydrogens (primary N) is 1. The van der Waals surface area contributed by atoms with E-state index in [0.29, 0.717) is 29.5 Å². The van der Waals surface area contributed by atoms with Crippen molar-refractivity contribution in [3.05, 3.63) is 22.7 Å². The smallest absolute Gasteiger partial charge is 0.309 e. The van der Waals surface area contributed by atoms with Crippen molar-refractivity contribution >= 4 is 37.6 Å². The zero-order valence-electron chi connectivity index (χ0n) is 11.6. The van der Waals surface area contributed by atoms with Gasteiger partial charge in [0.15, 0.2) is 0 Å². The minimum absolute atomic E-state index is 0.119. The second kappa shape index (κ2) is 6.33. The SMILES string of the molecule is COC(=O)C1CCCN(S(=O)(=O)c2cc(N)ccc2Br)C1. The number of halogens is 1. The van der Waals surface area contributed by atoms with E-state index in [4.69, 9.17) is 10.5 Å². The number of carbonyl (C=O) groups excluding carboxylic acids is 1. The highest BCUT2D eigenvalue weighted by Crippen LogP contribution is 2.30. The van der Waals surface area contributed by atoms with Crippen molar-refractivity contribution < 1.29 is 17.9 Å². The first-order valence-electron chi connectivity index (χ1n) is 6.49. The summed E-state index contributed by atoms with van der Waals surface area (Å²) in [5.41, 5.74) is 6.05. The Bertz CT molecular complexity index is 648. The highest BCUT2D eigenvalue weighted by molar-refractivity contribution is 9.10. The summed E-state index contributed by atoms with van der Waals surface area (Å²) >= 11 is 3.24. The van der Waals surface area contributed by atoms with Gasteiger partial charge in [0.25, 0.3) is 0 Å². The Hall–Kier alpha value is -1.12. The van der Waals surface area contributed by atoms with Crippen LogP contribution in [0.1, 0.15) is 12.8 Å². The molecule has 1 saturated heterocycles. The van der Waals surface area contributed by atoms with Crippen LogP contribution >= 0.6 is 15.9 Å². The number of esters is 1. The monoisotopic (exact) mass is 376 g/mol. The fourth-order valence-electron chi connectivity index (χ4n) is 2.38. The second-order valence-corrected chi connectivity index (χ2v) is 7.68. The molecular weight excluding hydrogens is 360 g/mol. The lowest BCUT2D eigenvalue weighted by atomic mass is 10.0. The van der Waals surface area contributed by atoms with Crippen molar-refractivity contribution in [1.29, 1.82) is 0 Å².